The molecule has 0 saturated carbocycles. The van der Waals surface area contributed by atoms with Gasteiger partial charge in [-0.2, -0.15) is 0 Å². The number of carbonyl (C=O) groups excluding carboxylic acids is 1. The Morgan fingerprint density at radius 2 is 2.18 bits per heavy atom. The van der Waals surface area contributed by atoms with E-state index in [4.69, 9.17) is 0 Å². The molecule has 0 aromatic heterocycles. The van der Waals surface area contributed by atoms with E-state index in [1.165, 1.54) is 0 Å². The predicted molar refractivity (Wildman–Crippen MR) is 42.2 cm³/mol. The first-order valence-corrected chi connectivity index (χ1v) is 4.39. The van der Waals surface area contributed by atoms with Gasteiger partial charge >= 0.3 is 0 Å². The highest BCUT2D eigenvalue weighted by Gasteiger charge is 2.29. The van der Waals surface area contributed by atoms with Gasteiger partial charge in [0.2, 0.25) is 5.91 Å². The molecule has 2 atom stereocenters. The van der Waals surface area contributed by atoms with Crippen LogP contribution in [0.1, 0.15) is 25.7 Å². The van der Waals surface area contributed by atoms with Crippen LogP contribution in [-0.4, -0.2) is 24.5 Å². The maximum absolute atomic E-state index is 11.1. The van der Waals surface area contributed by atoms with Crippen molar-refractivity contribution in [3.05, 3.63) is 0 Å². The number of hydrogen-bond donors (Lipinski definition) is 2. The molecular weight excluding hydrogens is 140 g/mol. The van der Waals surface area contributed by atoms with Gasteiger partial charge in [0.05, 0.1) is 0 Å². The Bertz CT molecular complexity index is 169. The number of amides is 1. The second-order valence-corrected chi connectivity index (χ2v) is 3.42. The van der Waals surface area contributed by atoms with Crippen LogP contribution in [0.25, 0.3) is 0 Å². The van der Waals surface area contributed by atoms with Crippen molar-refractivity contribution in [3.8, 4) is 0 Å². The molecule has 2 aliphatic heterocycles. The van der Waals surface area contributed by atoms with Gasteiger partial charge in [0.1, 0.15) is 0 Å². The summed E-state index contributed by atoms with van der Waals surface area (Å²) in [5.74, 6) is 0.237. The van der Waals surface area contributed by atoms with E-state index >= 15 is 0 Å². The lowest BCUT2D eigenvalue weighted by Gasteiger charge is -2.15. The van der Waals surface area contributed by atoms with Gasteiger partial charge in [-0.3, -0.25) is 4.79 Å². The fourth-order valence-corrected chi connectivity index (χ4v) is 2.01. The van der Waals surface area contributed by atoms with Gasteiger partial charge in [0.15, 0.2) is 0 Å². The van der Waals surface area contributed by atoms with E-state index in [2.05, 4.69) is 10.6 Å². The third-order valence-electron chi connectivity index (χ3n) is 2.61. The first-order valence-electron chi connectivity index (χ1n) is 4.39. The zero-order valence-corrected chi connectivity index (χ0v) is 6.60. The first-order chi connectivity index (χ1) is 5.36. The SMILES string of the molecule is O=C1CCC[C@@H]2NCC[C@H]2N1. The third kappa shape index (κ3) is 1.38. The second kappa shape index (κ2) is 2.81. The van der Waals surface area contributed by atoms with Crippen molar-refractivity contribution in [1.29, 1.82) is 0 Å². The monoisotopic (exact) mass is 154 g/mol. The summed E-state index contributed by atoms with van der Waals surface area (Å²) in [7, 11) is 0. The lowest BCUT2D eigenvalue weighted by Crippen LogP contribution is -2.40. The molecule has 2 saturated heterocycles. The number of nitrogens with one attached hydrogen (secondary N) is 2. The Kier molecular flexibility index (Phi) is 1.82. The summed E-state index contributed by atoms with van der Waals surface area (Å²) >= 11 is 0. The molecule has 1 amide bonds. The number of carbonyl (C=O) groups is 1. The lowest BCUT2D eigenvalue weighted by molar-refractivity contribution is -0.121. The molecule has 2 fully saturated rings. The first kappa shape index (κ1) is 7.10. The molecule has 3 nitrogen and oxygen atoms in total. The molecule has 0 spiro atoms. The van der Waals surface area contributed by atoms with Crippen molar-refractivity contribution in [3.63, 3.8) is 0 Å². The zero-order valence-electron chi connectivity index (χ0n) is 6.60. The molecule has 0 unspecified atom stereocenters. The number of rotatable bonds is 0. The summed E-state index contributed by atoms with van der Waals surface area (Å²) in [5.41, 5.74) is 0. The average Bonchev–Trinajstić information content (AvgIpc) is 2.31. The van der Waals surface area contributed by atoms with Crippen molar-refractivity contribution in [2.24, 2.45) is 0 Å². The van der Waals surface area contributed by atoms with Crippen molar-refractivity contribution in [2.45, 2.75) is 37.8 Å². The van der Waals surface area contributed by atoms with E-state index in [1.807, 2.05) is 0 Å². The average molecular weight is 154 g/mol. The zero-order chi connectivity index (χ0) is 7.68. The maximum Gasteiger partial charge on any atom is 0.220 e. The molecule has 2 heterocycles. The maximum atomic E-state index is 11.1. The van der Waals surface area contributed by atoms with Gasteiger partial charge in [-0.15, -0.1) is 0 Å². The predicted octanol–water partition coefficient (Wildman–Crippen LogP) is 0.0170. The molecule has 0 aromatic carbocycles. The molecule has 2 rings (SSSR count). The summed E-state index contributed by atoms with van der Waals surface area (Å²) in [4.78, 5) is 11.1. The number of hydrogen-bond acceptors (Lipinski definition) is 2. The quantitative estimate of drug-likeness (QED) is 0.516. The van der Waals surface area contributed by atoms with Crippen LogP contribution >= 0.6 is 0 Å². The van der Waals surface area contributed by atoms with Crippen LogP contribution in [0.2, 0.25) is 0 Å². The highest BCUT2D eigenvalue weighted by molar-refractivity contribution is 5.76. The van der Waals surface area contributed by atoms with Gasteiger partial charge in [0, 0.05) is 18.5 Å². The van der Waals surface area contributed by atoms with Crippen LogP contribution < -0.4 is 10.6 Å². The van der Waals surface area contributed by atoms with Crippen LogP contribution in [0.4, 0.5) is 0 Å². The van der Waals surface area contributed by atoms with Gasteiger partial charge < -0.3 is 10.6 Å². The molecule has 2 aliphatic rings. The topological polar surface area (TPSA) is 41.1 Å². The fraction of sp³-hybridized carbons (Fsp3) is 0.875. The van der Waals surface area contributed by atoms with E-state index in [9.17, 15) is 4.79 Å². The van der Waals surface area contributed by atoms with E-state index in [0.717, 1.165) is 25.8 Å². The van der Waals surface area contributed by atoms with Crippen LogP contribution in [0.3, 0.4) is 0 Å². The Labute approximate surface area is 66.5 Å². The molecule has 0 aliphatic carbocycles. The summed E-state index contributed by atoms with van der Waals surface area (Å²) in [5, 5.41) is 6.44. The Morgan fingerprint density at radius 1 is 1.27 bits per heavy atom. The smallest absolute Gasteiger partial charge is 0.220 e. The summed E-state index contributed by atoms with van der Waals surface area (Å²) in [6.07, 6.45) is 4.02. The van der Waals surface area contributed by atoms with Gasteiger partial charge in [0.25, 0.3) is 0 Å². The normalized spacial score (nSPS) is 37.6. The third-order valence-corrected chi connectivity index (χ3v) is 2.61. The van der Waals surface area contributed by atoms with Gasteiger partial charge in [-0.25, -0.2) is 0 Å². The van der Waals surface area contributed by atoms with Crippen molar-refractivity contribution < 1.29 is 4.79 Å². The van der Waals surface area contributed by atoms with E-state index < -0.39 is 0 Å². The molecule has 0 bridgehead atoms. The van der Waals surface area contributed by atoms with E-state index in [-0.39, 0.29) is 5.91 Å². The van der Waals surface area contributed by atoms with Crippen molar-refractivity contribution in [2.75, 3.05) is 6.54 Å². The molecule has 11 heavy (non-hydrogen) atoms. The van der Waals surface area contributed by atoms with Crippen LogP contribution in [-0.2, 0) is 4.79 Å². The minimum atomic E-state index is 0.237. The Balaban J connectivity index is 2.03. The van der Waals surface area contributed by atoms with E-state index in [0.29, 0.717) is 18.5 Å². The highest BCUT2D eigenvalue weighted by atomic mass is 16.1. The second-order valence-electron chi connectivity index (χ2n) is 3.42. The fourth-order valence-electron chi connectivity index (χ4n) is 2.01. The van der Waals surface area contributed by atoms with Crippen LogP contribution in [0.5, 0.6) is 0 Å². The molecule has 62 valence electrons. The van der Waals surface area contributed by atoms with Crippen molar-refractivity contribution in [1.82, 2.24) is 10.6 Å². The molecule has 3 heteroatoms. The molecular formula is C8H14N2O. The lowest BCUT2D eigenvalue weighted by atomic mass is 10.1. The number of fused-ring (bicyclic) bond motifs is 1. The minimum absolute atomic E-state index is 0.237. The van der Waals surface area contributed by atoms with Gasteiger partial charge in [-0.1, -0.05) is 0 Å². The summed E-state index contributed by atoms with van der Waals surface area (Å²) < 4.78 is 0. The molecule has 2 N–H and O–H groups in total. The Morgan fingerprint density at radius 3 is 3.09 bits per heavy atom. The summed E-state index contributed by atoms with van der Waals surface area (Å²) in [6, 6.07) is 0.978. The van der Waals surface area contributed by atoms with Gasteiger partial charge in [-0.05, 0) is 25.8 Å². The van der Waals surface area contributed by atoms with Crippen LogP contribution in [0.15, 0.2) is 0 Å². The Hall–Kier alpha value is -0.570. The molecule has 0 radical (unpaired) electrons. The standard InChI is InChI=1S/C8H14N2O/c11-8-3-1-2-6-7(10-8)4-5-9-6/h6-7,9H,1-5H2,(H,10,11)/t6-,7+/m0/s1. The largest absolute Gasteiger partial charge is 0.352 e. The van der Waals surface area contributed by atoms with E-state index in [1.54, 1.807) is 0 Å². The molecule has 0 aromatic rings. The minimum Gasteiger partial charge on any atom is -0.352 e. The van der Waals surface area contributed by atoms with Crippen molar-refractivity contribution >= 4 is 5.91 Å². The summed E-state index contributed by atoms with van der Waals surface area (Å²) in [6.45, 7) is 1.07. The van der Waals surface area contributed by atoms with Crippen LogP contribution in [0, 0.1) is 0 Å². The highest BCUT2D eigenvalue weighted by Crippen LogP contribution is 2.16.